The van der Waals surface area contributed by atoms with Gasteiger partial charge in [0, 0.05) is 48.1 Å². The summed E-state index contributed by atoms with van der Waals surface area (Å²) in [6.45, 7) is 3.75. The Morgan fingerprint density at radius 1 is 1.06 bits per heavy atom. The number of hydrogen-bond donors (Lipinski definition) is 1. The third-order valence-electron chi connectivity index (χ3n) is 7.52. The molecule has 2 aliphatic carbocycles. The van der Waals surface area contributed by atoms with Crippen LogP contribution in [0.25, 0.3) is 0 Å². The zero-order valence-electron chi connectivity index (χ0n) is 18.8. The second kappa shape index (κ2) is 8.60. The molecule has 176 valence electrons. The van der Waals surface area contributed by atoms with Crippen LogP contribution >= 0.6 is 15.9 Å². The number of anilines is 2. The van der Waals surface area contributed by atoms with Gasteiger partial charge in [0.1, 0.15) is 11.6 Å². The molecule has 1 spiro atoms. The largest absolute Gasteiger partial charge is 0.371 e. The average Bonchev–Trinajstić information content (AvgIpc) is 3.52. The molecule has 1 saturated heterocycles. The molecule has 1 aromatic carbocycles. The van der Waals surface area contributed by atoms with E-state index in [1.54, 1.807) is 6.07 Å². The number of aromatic nitrogens is 2. The molecular weight excluding hydrogens is 490 g/mol. The van der Waals surface area contributed by atoms with Crippen LogP contribution in [0, 0.1) is 12.3 Å². The molecule has 3 aliphatic rings. The Morgan fingerprint density at radius 2 is 1.76 bits per heavy atom. The van der Waals surface area contributed by atoms with Crippen LogP contribution in [0.2, 0.25) is 0 Å². The lowest BCUT2D eigenvalue weighted by Gasteiger charge is -2.35. The highest BCUT2D eigenvalue weighted by molar-refractivity contribution is 9.10. The van der Waals surface area contributed by atoms with Gasteiger partial charge in [-0.2, -0.15) is 0 Å². The second-order valence-electron chi connectivity index (χ2n) is 9.99. The first-order chi connectivity index (χ1) is 15.7. The quantitative estimate of drug-likeness (QED) is 0.503. The van der Waals surface area contributed by atoms with Crippen LogP contribution in [-0.2, 0) is 0 Å². The first-order valence-electron chi connectivity index (χ1n) is 11.8. The summed E-state index contributed by atoms with van der Waals surface area (Å²) in [5.74, 6) is -1.95. The molecular formula is C25H29BrF2N4O. The highest BCUT2D eigenvalue weighted by atomic mass is 79.9. The van der Waals surface area contributed by atoms with Crippen LogP contribution in [0.4, 0.5) is 20.3 Å². The monoisotopic (exact) mass is 518 g/mol. The Balaban J connectivity index is 1.34. The van der Waals surface area contributed by atoms with Crippen molar-refractivity contribution < 1.29 is 13.6 Å². The lowest BCUT2D eigenvalue weighted by Crippen LogP contribution is -2.35. The van der Waals surface area contributed by atoms with Gasteiger partial charge in [0.2, 0.25) is 5.92 Å². The third-order valence-corrected chi connectivity index (χ3v) is 8.01. The normalized spacial score (nSPS) is 21.8. The highest BCUT2D eigenvalue weighted by Crippen LogP contribution is 2.54. The summed E-state index contributed by atoms with van der Waals surface area (Å²) in [5, 5.41) is 2.94. The van der Waals surface area contributed by atoms with E-state index in [2.05, 4.69) is 36.1 Å². The van der Waals surface area contributed by atoms with Gasteiger partial charge >= 0.3 is 0 Å². The van der Waals surface area contributed by atoms with Crippen LogP contribution in [0.5, 0.6) is 0 Å². The summed E-state index contributed by atoms with van der Waals surface area (Å²) in [4.78, 5) is 24.6. The molecule has 1 N–H and O–H groups in total. The number of aryl methyl sites for hydroxylation is 1. The molecule has 1 amide bonds. The maximum absolute atomic E-state index is 13.6. The molecule has 2 saturated carbocycles. The molecule has 1 aliphatic heterocycles. The lowest BCUT2D eigenvalue weighted by molar-refractivity contribution is -0.0387. The molecule has 33 heavy (non-hydrogen) atoms. The van der Waals surface area contributed by atoms with Crippen molar-refractivity contribution in [2.24, 2.45) is 5.41 Å². The van der Waals surface area contributed by atoms with Crippen molar-refractivity contribution in [2.75, 3.05) is 23.3 Å². The number of nitrogens with one attached hydrogen (secondary N) is 1. The number of carbonyl (C=O) groups excluding carboxylic acids is 1. The van der Waals surface area contributed by atoms with Crippen molar-refractivity contribution in [1.29, 1.82) is 0 Å². The number of carbonyl (C=O) groups is 1. The van der Waals surface area contributed by atoms with Crippen molar-refractivity contribution in [1.82, 2.24) is 9.97 Å². The van der Waals surface area contributed by atoms with Crippen molar-refractivity contribution >= 4 is 33.3 Å². The summed E-state index contributed by atoms with van der Waals surface area (Å²) in [5.41, 5.74) is 2.82. The third kappa shape index (κ3) is 5.05. The summed E-state index contributed by atoms with van der Waals surface area (Å²) in [6.07, 6.45) is 5.45. The van der Waals surface area contributed by atoms with Crippen LogP contribution < -0.4 is 10.2 Å². The highest BCUT2D eigenvalue weighted by Gasteiger charge is 2.44. The van der Waals surface area contributed by atoms with E-state index in [4.69, 9.17) is 0 Å². The van der Waals surface area contributed by atoms with Gasteiger partial charge in [0.05, 0.1) is 11.3 Å². The van der Waals surface area contributed by atoms with E-state index in [0.29, 0.717) is 35.5 Å². The molecule has 2 aromatic rings. The van der Waals surface area contributed by atoms with Gasteiger partial charge < -0.3 is 10.2 Å². The standard InChI is InChI=1S/C25H29BrF2N4O/c1-16-14-21(30-22(29-16)17-4-6-25(27,28)7-5-17)31-23(33)19-3-2-18(26)15-20(19)32-12-10-24(8-9-24)11-13-32/h2-3,14-15,17H,4-13H2,1H3,(H,29,30,31,33). The van der Waals surface area contributed by atoms with Crippen LogP contribution in [0.15, 0.2) is 28.7 Å². The van der Waals surface area contributed by atoms with Gasteiger partial charge in [-0.15, -0.1) is 0 Å². The second-order valence-corrected chi connectivity index (χ2v) is 10.9. The topological polar surface area (TPSA) is 58.1 Å². The predicted octanol–water partition coefficient (Wildman–Crippen LogP) is 6.47. The fraction of sp³-hybridized carbons (Fsp3) is 0.560. The van der Waals surface area contributed by atoms with Crippen molar-refractivity contribution in [2.45, 2.75) is 70.1 Å². The minimum absolute atomic E-state index is 0.105. The molecule has 0 unspecified atom stereocenters. The van der Waals surface area contributed by atoms with E-state index in [9.17, 15) is 13.6 Å². The molecule has 3 fully saturated rings. The maximum atomic E-state index is 13.6. The number of rotatable bonds is 4. The summed E-state index contributed by atoms with van der Waals surface area (Å²) < 4.78 is 28.1. The minimum Gasteiger partial charge on any atom is -0.371 e. The lowest BCUT2D eigenvalue weighted by atomic mass is 9.86. The molecule has 5 rings (SSSR count). The zero-order valence-corrected chi connectivity index (χ0v) is 20.4. The molecule has 0 atom stereocenters. The van der Waals surface area contributed by atoms with Crippen LogP contribution in [0.3, 0.4) is 0 Å². The number of nitrogens with zero attached hydrogens (tertiary/aromatic N) is 3. The summed E-state index contributed by atoms with van der Waals surface area (Å²) >= 11 is 3.55. The number of piperidine rings is 1. The number of alkyl halides is 2. The van der Waals surface area contributed by atoms with Gasteiger partial charge in [-0.25, -0.2) is 18.7 Å². The zero-order chi connectivity index (χ0) is 23.2. The van der Waals surface area contributed by atoms with Crippen molar-refractivity contribution in [3.05, 3.63) is 45.8 Å². The van der Waals surface area contributed by atoms with E-state index in [-0.39, 0.29) is 24.7 Å². The first kappa shape index (κ1) is 22.7. The fourth-order valence-electron chi connectivity index (χ4n) is 5.18. The van der Waals surface area contributed by atoms with Gasteiger partial charge in [-0.1, -0.05) is 15.9 Å². The molecule has 0 radical (unpaired) electrons. The Bertz CT molecular complexity index is 1050. The molecule has 2 heterocycles. The molecule has 0 bridgehead atoms. The Labute approximate surface area is 201 Å². The summed E-state index contributed by atoms with van der Waals surface area (Å²) in [7, 11) is 0. The first-order valence-corrected chi connectivity index (χ1v) is 12.6. The smallest absolute Gasteiger partial charge is 0.258 e. The van der Waals surface area contributed by atoms with Gasteiger partial charge in [-0.05, 0) is 69.1 Å². The Hall–Kier alpha value is -2.09. The SMILES string of the molecule is Cc1cc(NC(=O)c2ccc(Br)cc2N2CCC3(CC2)CC3)nc(C2CCC(F)(F)CC2)n1. The van der Waals surface area contributed by atoms with E-state index < -0.39 is 5.92 Å². The predicted molar refractivity (Wildman–Crippen MR) is 128 cm³/mol. The number of halogens is 3. The van der Waals surface area contributed by atoms with Gasteiger partial charge in [0.25, 0.3) is 5.91 Å². The van der Waals surface area contributed by atoms with Crippen molar-refractivity contribution in [3.8, 4) is 0 Å². The van der Waals surface area contributed by atoms with Crippen LogP contribution in [-0.4, -0.2) is 34.9 Å². The van der Waals surface area contributed by atoms with Gasteiger partial charge in [0.15, 0.2) is 0 Å². The van der Waals surface area contributed by atoms with E-state index in [0.717, 1.165) is 28.9 Å². The molecule has 1 aromatic heterocycles. The molecule has 5 nitrogen and oxygen atoms in total. The Morgan fingerprint density at radius 3 is 2.42 bits per heavy atom. The molecule has 8 heteroatoms. The van der Waals surface area contributed by atoms with Gasteiger partial charge in [-0.3, -0.25) is 4.79 Å². The maximum Gasteiger partial charge on any atom is 0.258 e. The van der Waals surface area contributed by atoms with E-state index in [1.807, 2.05) is 25.1 Å². The van der Waals surface area contributed by atoms with E-state index in [1.165, 1.54) is 25.7 Å². The number of benzene rings is 1. The average molecular weight is 519 g/mol. The number of hydrogen-bond acceptors (Lipinski definition) is 4. The summed E-state index contributed by atoms with van der Waals surface area (Å²) in [6, 6.07) is 7.46. The number of amides is 1. The van der Waals surface area contributed by atoms with E-state index >= 15 is 0 Å². The Kier molecular flexibility index (Phi) is 5.91. The van der Waals surface area contributed by atoms with Crippen LogP contribution in [0.1, 0.15) is 79.2 Å². The minimum atomic E-state index is -2.59. The fourth-order valence-corrected chi connectivity index (χ4v) is 5.53. The van der Waals surface area contributed by atoms with Crippen molar-refractivity contribution in [3.63, 3.8) is 0 Å².